The maximum Gasteiger partial charge on any atom is 0.255 e. The molecule has 0 radical (unpaired) electrons. The van der Waals surface area contributed by atoms with Crippen LogP contribution in [0.2, 0.25) is 5.02 Å². The molecule has 2 aromatic heterocycles. The van der Waals surface area contributed by atoms with E-state index in [4.69, 9.17) is 16.6 Å². The summed E-state index contributed by atoms with van der Waals surface area (Å²) in [5.74, 6) is 1.19. The van der Waals surface area contributed by atoms with Crippen molar-refractivity contribution in [3.8, 4) is 5.69 Å². The number of fused-ring (bicyclic) bond motifs is 1. The molecule has 1 unspecified atom stereocenters. The summed E-state index contributed by atoms with van der Waals surface area (Å²) in [5.41, 5.74) is 3.44. The second-order valence-corrected chi connectivity index (χ2v) is 8.13. The van der Waals surface area contributed by atoms with Crippen LogP contribution in [-0.2, 0) is 7.05 Å². The first kappa shape index (κ1) is 18.9. The van der Waals surface area contributed by atoms with Crippen molar-refractivity contribution >= 4 is 28.5 Å². The van der Waals surface area contributed by atoms with E-state index in [9.17, 15) is 4.79 Å². The van der Waals surface area contributed by atoms with Gasteiger partial charge in [-0.3, -0.25) is 4.79 Å². The highest BCUT2D eigenvalue weighted by molar-refractivity contribution is 6.33. The Morgan fingerprint density at radius 1 is 1.17 bits per heavy atom. The molecule has 7 heteroatoms. The Kier molecular flexibility index (Phi) is 4.79. The summed E-state index contributed by atoms with van der Waals surface area (Å²) in [7, 11) is 2.05. The molecule has 1 atom stereocenters. The van der Waals surface area contributed by atoms with E-state index in [1.165, 1.54) is 0 Å². The molecule has 2 aromatic carbocycles. The van der Waals surface area contributed by atoms with Crippen molar-refractivity contribution in [1.82, 2.24) is 24.2 Å². The van der Waals surface area contributed by atoms with E-state index in [1.54, 1.807) is 16.9 Å². The van der Waals surface area contributed by atoms with Crippen molar-refractivity contribution < 1.29 is 4.79 Å². The zero-order valence-electron chi connectivity index (χ0n) is 16.7. The van der Waals surface area contributed by atoms with Crippen LogP contribution in [0.4, 0.5) is 0 Å². The van der Waals surface area contributed by atoms with Crippen LogP contribution < -0.4 is 0 Å². The normalized spacial score (nSPS) is 16.9. The molecule has 3 heterocycles. The number of benzene rings is 2. The largest absolute Gasteiger partial charge is 0.338 e. The summed E-state index contributed by atoms with van der Waals surface area (Å²) in [6, 6.07) is 15.4. The fraction of sp³-hybridized carbons (Fsp3) is 0.261. The van der Waals surface area contributed by atoms with Crippen molar-refractivity contribution in [3.05, 3.63) is 77.3 Å². The van der Waals surface area contributed by atoms with E-state index < -0.39 is 0 Å². The van der Waals surface area contributed by atoms with Gasteiger partial charge in [0.2, 0.25) is 0 Å². The number of halogens is 1. The van der Waals surface area contributed by atoms with Crippen molar-refractivity contribution in [2.24, 2.45) is 7.05 Å². The Hall–Kier alpha value is -3.12. The number of carbonyl (C=O) groups is 1. The van der Waals surface area contributed by atoms with Crippen LogP contribution in [0.25, 0.3) is 16.7 Å². The minimum atomic E-state index is -0.0440. The lowest BCUT2D eigenvalue weighted by molar-refractivity contribution is 0.0704. The molecule has 152 valence electrons. The predicted molar refractivity (Wildman–Crippen MR) is 117 cm³/mol. The van der Waals surface area contributed by atoms with E-state index in [1.807, 2.05) is 47.5 Å². The molecule has 6 nitrogen and oxygen atoms in total. The number of amides is 1. The second kappa shape index (κ2) is 7.61. The highest BCUT2D eigenvalue weighted by Gasteiger charge is 2.29. The number of para-hydroxylation sites is 2. The molecule has 0 spiro atoms. The summed E-state index contributed by atoms with van der Waals surface area (Å²) in [4.78, 5) is 20.1. The summed E-state index contributed by atoms with van der Waals surface area (Å²) in [6.45, 7) is 1.36. The molecular formula is C23H22ClN5O. The average Bonchev–Trinajstić information content (AvgIpc) is 3.43. The summed E-state index contributed by atoms with van der Waals surface area (Å²) in [5, 5.41) is 4.71. The van der Waals surface area contributed by atoms with Crippen LogP contribution in [0.15, 0.2) is 60.9 Å². The Morgan fingerprint density at radius 2 is 2.03 bits per heavy atom. The fourth-order valence-corrected chi connectivity index (χ4v) is 4.51. The Bertz CT molecular complexity index is 1210. The number of piperidine rings is 1. The van der Waals surface area contributed by atoms with Gasteiger partial charge in [-0.2, -0.15) is 5.10 Å². The monoisotopic (exact) mass is 419 g/mol. The van der Waals surface area contributed by atoms with Crippen LogP contribution in [-0.4, -0.2) is 43.2 Å². The van der Waals surface area contributed by atoms with Crippen molar-refractivity contribution in [1.29, 1.82) is 0 Å². The van der Waals surface area contributed by atoms with Gasteiger partial charge in [-0.1, -0.05) is 23.7 Å². The van der Waals surface area contributed by atoms with Crippen molar-refractivity contribution in [3.63, 3.8) is 0 Å². The van der Waals surface area contributed by atoms with Gasteiger partial charge in [0.25, 0.3) is 5.91 Å². The Balaban J connectivity index is 1.43. The minimum absolute atomic E-state index is 0.0440. The van der Waals surface area contributed by atoms with E-state index in [-0.39, 0.29) is 11.8 Å². The third-order valence-corrected chi connectivity index (χ3v) is 6.17. The van der Waals surface area contributed by atoms with Gasteiger partial charge >= 0.3 is 0 Å². The molecule has 0 saturated carbocycles. The number of imidazole rings is 1. The summed E-state index contributed by atoms with van der Waals surface area (Å²) in [6.07, 6.45) is 5.51. The van der Waals surface area contributed by atoms with Gasteiger partial charge in [0, 0.05) is 38.4 Å². The van der Waals surface area contributed by atoms with Gasteiger partial charge in [-0.25, -0.2) is 9.67 Å². The molecule has 30 heavy (non-hydrogen) atoms. The van der Waals surface area contributed by atoms with E-state index in [2.05, 4.69) is 22.8 Å². The van der Waals surface area contributed by atoms with Crippen molar-refractivity contribution in [2.45, 2.75) is 18.8 Å². The molecule has 1 aliphatic rings. The van der Waals surface area contributed by atoms with E-state index in [0.29, 0.717) is 17.1 Å². The minimum Gasteiger partial charge on any atom is -0.338 e. The lowest BCUT2D eigenvalue weighted by Crippen LogP contribution is -2.39. The number of likely N-dealkylation sites (tertiary alicyclic amines) is 1. The second-order valence-electron chi connectivity index (χ2n) is 7.72. The maximum absolute atomic E-state index is 13.4. The highest BCUT2D eigenvalue weighted by Crippen LogP contribution is 2.30. The quantitative estimate of drug-likeness (QED) is 0.493. The van der Waals surface area contributed by atoms with Crippen LogP contribution in [0.5, 0.6) is 0 Å². The third-order valence-electron chi connectivity index (χ3n) is 5.84. The molecule has 1 fully saturated rings. The van der Waals surface area contributed by atoms with E-state index >= 15 is 0 Å². The molecule has 0 aliphatic carbocycles. The first-order valence-electron chi connectivity index (χ1n) is 10.1. The predicted octanol–water partition coefficient (Wildman–Crippen LogP) is 4.43. The zero-order valence-corrected chi connectivity index (χ0v) is 17.5. The number of aryl methyl sites for hydroxylation is 1. The molecular weight excluding hydrogens is 398 g/mol. The smallest absolute Gasteiger partial charge is 0.255 e. The standard InChI is InChI=1S/C23H22ClN5O/c1-27-21-8-3-2-7-20(21)26-22(27)16-6-4-12-28(15-16)23(30)18-14-17(9-10-19(18)24)29-13-5-11-25-29/h2-3,5,7-11,13-14,16H,4,6,12,15H2,1H3. The number of rotatable bonds is 3. The van der Waals surface area contributed by atoms with Gasteiger partial charge < -0.3 is 9.47 Å². The van der Waals surface area contributed by atoms with Gasteiger partial charge in [-0.15, -0.1) is 0 Å². The molecule has 1 amide bonds. The van der Waals surface area contributed by atoms with E-state index in [0.717, 1.165) is 41.9 Å². The summed E-state index contributed by atoms with van der Waals surface area (Å²) >= 11 is 6.41. The lowest BCUT2D eigenvalue weighted by Gasteiger charge is -2.32. The maximum atomic E-state index is 13.4. The lowest BCUT2D eigenvalue weighted by atomic mass is 9.96. The molecule has 4 aromatic rings. The third kappa shape index (κ3) is 3.27. The molecule has 1 saturated heterocycles. The number of nitrogens with zero attached hydrogens (tertiary/aromatic N) is 5. The Labute approximate surface area is 179 Å². The molecule has 0 N–H and O–H groups in total. The topological polar surface area (TPSA) is 56.0 Å². The summed E-state index contributed by atoms with van der Waals surface area (Å²) < 4.78 is 3.88. The van der Waals surface area contributed by atoms with Crippen LogP contribution in [0.1, 0.15) is 34.9 Å². The number of carbonyl (C=O) groups excluding carboxylic acids is 1. The van der Waals surface area contributed by atoms with Crippen LogP contribution in [0.3, 0.4) is 0 Å². The van der Waals surface area contributed by atoms with Gasteiger partial charge in [0.1, 0.15) is 5.82 Å². The first-order valence-corrected chi connectivity index (χ1v) is 10.5. The fourth-order valence-electron chi connectivity index (χ4n) is 4.31. The van der Waals surface area contributed by atoms with Crippen LogP contribution >= 0.6 is 11.6 Å². The van der Waals surface area contributed by atoms with Gasteiger partial charge in [0.05, 0.1) is 27.3 Å². The molecule has 5 rings (SSSR count). The van der Waals surface area contributed by atoms with Gasteiger partial charge in [-0.05, 0) is 49.2 Å². The SMILES string of the molecule is Cn1c(C2CCCN(C(=O)c3cc(-n4cccn4)ccc3Cl)C2)nc2ccccc21. The molecule has 0 bridgehead atoms. The van der Waals surface area contributed by atoms with Crippen molar-refractivity contribution in [2.75, 3.05) is 13.1 Å². The number of hydrogen-bond acceptors (Lipinski definition) is 3. The van der Waals surface area contributed by atoms with Crippen LogP contribution in [0, 0.1) is 0 Å². The van der Waals surface area contributed by atoms with Gasteiger partial charge in [0.15, 0.2) is 0 Å². The average molecular weight is 420 g/mol. The highest BCUT2D eigenvalue weighted by atomic mass is 35.5. The number of aromatic nitrogens is 4. The molecule has 1 aliphatic heterocycles. The first-order chi connectivity index (χ1) is 14.6. The number of hydrogen-bond donors (Lipinski definition) is 0. The zero-order chi connectivity index (χ0) is 20.7. The Morgan fingerprint density at radius 3 is 2.83 bits per heavy atom.